The summed E-state index contributed by atoms with van der Waals surface area (Å²) >= 11 is 0. The van der Waals surface area contributed by atoms with Crippen molar-refractivity contribution in [2.24, 2.45) is 10.2 Å². The standard InChI is InChI=1S/C25H32N4O6/c1-5-34-22-12-10-20(32-3)14-18(22)16-26-28-24(30)8-7-9-25(31)29-27-17-19-15-21(33-4)11-13-23(19)35-6-2/h10-17H,5-9H2,1-4H3,(H,28,30)(H,29,31)/b26-16-,27-17-. The predicted molar refractivity (Wildman–Crippen MR) is 134 cm³/mol. The van der Waals surface area contributed by atoms with Gasteiger partial charge in [-0.05, 0) is 56.7 Å². The number of methoxy groups -OCH3 is 2. The van der Waals surface area contributed by atoms with Crippen LogP contribution in [-0.4, -0.2) is 51.7 Å². The van der Waals surface area contributed by atoms with E-state index in [1.165, 1.54) is 12.4 Å². The fraction of sp³-hybridized carbons (Fsp3) is 0.360. The molecule has 2 aromatic rings. The molecule has 0 unspecified atom stereocenters. The van der Waals surface area contributed by atoms with Gasteiger partial charge in [-0.2, -0.15) is 10.2 Å². The summed E-state index contributed by atoms with van der Waals surface area (Å²) in [6.45, 7) is 4.76. The monoisotopic (exact) mass is 484 g/mol. The molecule has 2 aromatic carbocycles. The van der Waals surface area contributed by atoms with Gasteiger partial charge in [0.05, 0.1) is 39.9 Å². The Labute approximate surface area is 205 Å². The zero-order valence-corrected chi connectivity index (χ0v) is 20.5. The fourth-order valence-electron chi connectivity index (χ4n) is 2.95. The molecule has 0 radical (unpaired) electrons. The molecule has 2 N–H and O–H groups in total. The van der Waals surface area contributed by atoms with Crippen LogP contribution in [0.1, 0.15) is 44.2 Å². The molecule has 0 aliphatic heterocycles. The third-order valence-corrected chi connectivity index (χ3v) is 4.63. The van der Waals surface area contributed by atoms with Gasteiger partial charge in [-0.25, -0.2) is 10.9 Å². The first kappa shape index (κ1) is 27.2. The van der Waals surface area contributed by atoms with Crippen molar-refractivity contribution in [3.05, 3.63) is 47.5 Å². The van der Waals surface area contributed by atoms with Crippen LogP contribution in [0.25, 0.3) is 0 Å². The Bertz CT molecular complexity index is 957. The lowest BCUT2D eigenvalue weighted by Gasteiger charge is -2.08. The average Bonchev–Trinajstić information content (AvgIpc) is 2.86. The first-order valence-corrected chi connectivity index (χ1v) is 11.3. The van der Waals surface area contributed by atoms with E-state index in [4.69, 9.17) is 18.9 Å². The summed E-state index contributed by atoms with van der Waals surface area (Å²) in [5.74, 6) is 1.94. The molecular weight excluding hydrogens is 452 g/mol. The van der Waals surface area contributed by atoms with Gasteiger partial charge in [0.2, 0.25) is 11.8 Å². The third-order valence-electron chi connectivity index (χ3n) is 4.63. The molecule has 0 atom stereocenters. The first-order valence-electron chi connectivity index (χ1n) is 11.3. The Morgan fingerprint density at radius 1 is 0.771 bits per heavy atom. The Hall–Kier alpha value is -4.08. The van der Waals surface area contributed by atoms with Crippen LogP contribution >= 0.6 is 0 Å². The van der Waals surface area contributed by atoms with E-state index >= 15 is 0 Å². The highest BCUT2D eigenvalue weighted by atomic mass is 16.5. The minimum atomic E-state index is -0.309. The van der Waals surface area contributed by atoms with E-state index in [9.17, 15) is 9.59 Å². The van der Waals surface area contributed by atoms with Crippen LogP contribution in [0.5, 0.6) is 23.0 Å². The first-order chi connectivity index (χ1) is 17.0. The largest absolute Gasteiger partial charge is 0.497 e. The van der Waals surface area contributed by atoms with Crippen LogP contribution in [0.4, 0.5) is 0 Å². The molecule has 2 rings (SSSR count). The van der Waals surface area contributed by atoms with Crippen LogP contribution in [0.3, 0.4) is 0 Å². The van der Waals surface area contributed by atoms with Gasteiger partial charge in [-0.15, -0.1) is 0 Å². The maximum atomic E-state index is 12.0. The number of amides is 2. The van der Waals surface area contributed by atoms with E-state index in [1.807, 2.05) is 13.8 Å². The van der Waals surface area contributed by atoms with E-state index < -0.39 is 0 Å². The van der Waals surface area contributed by atoms with Gasteiger partial charge in [-0.1, -0.05) is 0 Å². The van der Waals surface area contributed by atoms with Gasteiger partial charge in [0.15, 0.2) is 0 Å². The van der Waals surface area contributed by atoms with Crippen LogP contribution in [0, 0.1) is 0 Å². The van der Waals surface area contributed by atoms with Gasteiger partial charge < -0.3 is 18.9 Å². The molecule has 0 saturated heterocycles. The minimum Gasteiger partial charge on any atom is -0.497 e. The van der Waals surface area contributed by atoms with E-state index in [2.05, 4.69) is 21.1 Å². The minimum absolute atomic E-state index is 0.134. The summed E-state index contributed by atoms with van der Waals surface area (Å²) < 4.78 is 21.5. The lowest BCUT2D eigenvalue weighted by Crippen LogP contribution is -2.20. The maximum Gasteiger partial charge on any atom is 0.240 e. The second-order valence-corrected chi connectivity index (χ2v) is 7.11. The third kappa shape index (κ3) is 9.36. The molecule has 0 heterocycles. The van der Waals surface area contributed by atoms with Gasteiger partial charge in [-0.3, -0.25) is 9.59 Å². The number of rotatable bonds is 14. The molecule has 0 aliphatic carbocycles. The topological polar surface area (TPSA) is 120 Å². The summed E-state index contributed by atoms with van der Waals surface area (Å²) in [6.07, 6.45) is 3.59. The molecule has 35 heavy (non-hydrogen) atoms. The molecule has 0 fully saturated rings. The summed E-state index contributed by atoms with van der Waals surface area (Å²) in [6, 6.07) is 10.6. The number of nitrogens with zero attached hydrogens (tertiary/aromatic N) is 2. The Kier molecular flexibility index (Phi) is 11.6. The Morgan fingerprint density at radius 3 is 1.57 bits per heavy atom. The van der Waals surface area contributed by atoms with E-state index in [1.54, 1.807) is 50.6 Å². The second-order valence-electron chi connectivity index (χ2n) is 7.11. The number of hydrazone groups is 2. The van der Waals surface area contributed by atoms with Crippen molar-refractivity contribution in [3.63, 3.8) is 0 Å². The van der Waals surface area contributed by atoms with Crippen LogP contribution < -0.4 is 29.8 Å². The molecular formula is C25H32N4O6. The summed E-state index contributed by atoms with van der Waals surface area (Å²) in [7, 11) is 3.13. The molecule has 0 aliphatic rings. The Morgan fingerprint density at radius 2 is 1.20 bits per heavy atom. The zero-order valence-electron chi connectivity index (χ0n) is 20.5. The highest BCUT2D eigenvalue weighted by Gasteiger charge is 2.07. The van der Waals surface area contributed by atoms with Gasteiger partial charge in [0, 0.05) is 24.0 Å². The fourth-order valence-corrected chi connectivity index (χ4v) is 2.95. The van der Waals surface area contributed by atoms with Gasteiger partial charge >= 0.3 is 0 Å². The van der Waals surface area contributed by atoms with Gasteiger partial charge in [0.1, 0.15) is 23.0 Å². The highest BCUT2D eigenvalue weighted by Crippen LogP contribution is 2.23. The summed E-state index contributed by atoms with van der Waals surface area (Å²) in [5.41, 5.74) is 6.25. The van der Waals surface area contributed by atoms with Crippen molar-refractivity contribution in [1.82, 2.24) is 10.9 Å². The number of carbonyl (C=O) groups is 2. The number of hydrogen-bond acceptors (Lipinski definition) is 8. The maximum absolute atomic E-state index is 12.0. The number of nitrogens with one attached hydrogen (secondary N) is 2. The summed E-state index contributed by atoms with van der Waals surface area (Å²) in [5, 5.41) is 7.94. The smallest absolute Gasteiger partial charge is 0.240 e. The SMILES string of the molecule is CCOc1ccc(OC)cc1/C=N\NC(=O)CCCC(=O)N/N=C\c1cc(OC)ccc1OCC. The quantitative estimate of drug-likeness (QED) is 0.314. The summed E-state index contributed by atoms with van der Waals surface area (Å²) in [4.78, 5) is 24.1. The zero-order chi connectivity index (χ0) is 25.5. The molecule has 0 saturated carbocycles. The van der Waals surface area contributed by atoms with Crippen molar-refractivity contribution >= 4 is 24.2 Å². The second kappa shape index (κ2) is 14.9. The van der Waals surface area contributed by atoms with Gasteiger partial charge in [0.25, 0.3) is 0 Å². The molecule has 188 valence electrons. The number of hydrogen-bond donors (Lipinski definition) is 2. The van der Waals surface area contributed by atoms with E-state index in [0.29, 0.717) is 53.8 Å². The average molecular weight is 485 g/mol. The molecule has 0 spiro atoms. The van der Waals surface area contributed by atoms with E-state index in [-0.39, 0.29) is 24.7 Å². The number of ether oxygens (including phenoxy) is 4. The molecule has 0 bridgehead atoms. The van der Waals surface area contributed by atoms with Crippen molar-refractivity contribution in [1.29, 1.82) is 0 Å². The van der Waals surface area contributed by atoms with Crippen LogP contribution in [-0.2, 0) is 9.59 Å². The van der Waals surface area contributed by atoms with E-state index in [0.717, 1.165) is 0 Å². The van der Waals surface area contributed by atoms with Crippen molar-refractivity contribution in [2.45, 2.75) is 33.1 Å². The van der Waals surface area contributed by atoms with Crippen molar-refractivity contribution < 1.29 is 28.5 Å². The van der Waals surface area contributed by atoms with Crippen molar-refractivity contribution in [3.8, 4) is 23.0 Å². The van der Waals surface area contributed by atoms with Crippen molar-refractivity contribution in [2.75, 3.05) is 27.4 Å². The Balaban J connectivity index is 1.78. The van der Waals surface area contributed by atoms with Crippen LogP contribution in [0.2, 0.25) is 0 Å². The number of benzene rings is 2. The lowest BCUT2D eigenvalue weighted by molar-refractivity contribution is -0.122. The highest BCUT2D eigenvalue weighted by molar-refractivity contribution is 5.87. The molecule has 0 aromatic heterocycles. The lowest BCUT2D eigenvalue weighted by atomic mass is 10.2. The molecule has 10 nitrogen and oxygen atoms in total. The molecule has 10 heteroatoms. The normalized spacial score (nSPS) is 10.9. The molecule has 2 amide bonds. The van der Waals surface area contributed by atoms with Crippen LogP contribution in [0.15, 0.2) is 46.6 Å². The number of carbonyl (C=O) groups excluding carboxylic acids is 2. The predicted octanol–water partition coefficient (Wildman–Crippen LogP) is 3.27.